The molecule has 1 rings (SSSR count). The predicted octanol–water partition coefficient (Wildman–Crippen LogP) is 4.43. The Morgan fingerprint density at radius 3 is 2.30 bits per heavy atom. The second-order valence-electron chi connectivity index (χ2n) is 6.85. The Morgan fingerprint density at radius 2 is 1.80 bits per heavy atom. The summed E-state index contributed by atoms with van der Waals surface area (Å²) in [5.74, 6) is 1.78. The third-order valence-corrected chi connectivity index (χ3v) is 5.92. The van der Waals surface area contributed by atoms with Crippen LogP contribution in [0.1, 0.15) is 79.1 Å². The minimum absolute atomic E-state index is 0.293. The van der Waals surface area contributed by atoms with Crippen LogP contribution in [0.25, 0.3) is 0 Å². The lowest BCUT2D eigenvalue weighted by Gasteiger charge is -2.44. The van der Waals surface area contributed by atoms with Gasteiger partial charge in [-0.3, -0.25) is 4.90 Å². The maximum absolute atomic E-state index is 6.29. The van der Waals surface area contributed by atoms with E-state index in [0.29, 0.717) is 5.54 Å². The molecule has 20 heavy (non-hydrogen) atoms. The van der Waals surface area contributed by atoms with Crippen molar-refractivity contribution in [3.05, 3.63) is 0 Å². The Morgan fingerprint density at radius 1 is 1.10 bits per heavy atom. The Balaban J connectivity index is 2.77. The van der Waals surface area contributed by atoms with E-state index in [-0.39, 0.29) is 0 Å². The molecule has 1 aliphatic rings. The van der Waals surface area contributed by atoms with Gasteiger partial charge in [-0.1, -0.05) is 59.8 Å². The number of nitrogens with two attached hydrogens (primary N) is 1. The molecule has 1 saturated carbocycles. The fourth-order valence-corrected chi connectivity index (χ4v) is 4.04. The van der Waals surface area contributed by atoms with Crippen molar-refractivity contribution in [1.29, 1.82) is 0 Å². The van der Waals surface area contributed by atoms with Crippen LogP contribution in [0.3, 0.4) is 0 Å². The zero-order valence-electron chi connectivity index (χ0n) is 14.5. The van der Waals surface area contributed by atoms with Gasteiger partial charge in [0.05, 0.1) is 0 Å². The third kappa shape index (κ3) is 4.46. The molecule has 0 aromatic rings. The zero-order valence-corrected chi connectivity index (χ0v) is 14.5. The quantitative estimate of drug-likeness (QED) is 0.667. The lowest BCUT2D eigenvalue weighted by Crippen LogP contribution is -2.55. The summed E-state index contributed by atoms with van der Waals surface area (Å²) in [6.45, 7) is 12.6. The fraction of sp³-hybridized carbons (Fsp3) is 1.00. The monoisotopic (exact) mass is 282 g/mol. The van der Waals surface area contributed by atoms with E-state index in [9.17, 15) is 0 Å². The van der Waals surface area contributed by atoms with Crippen LogP contribution in [-0.2, 0) is 0 Å². The molecule has 0 spiro atoms. The number of likely N-dealkylation sites (N-methyl/N-ethyl adjacent to an activating group) is 1. The molecule has 2 atom stereocenters. The molecule has 0 heterocycles. The lowest BCUT2D eigenvalue weighted by atomic mass is 9.86. The third-order valence-electron chi connectivity index (χ3n) is 5.92. The van der Waals surface area contributed by atoms with Gasteiger partial charge >= 0.3 is 0 Å². The van der Waals surface area contributed by atoms with Gasteiger partial charge in [-0.25, -0.2) is 0 Å². The Kier molecular flexibility index (Phi) is 8.13. The van der Waals surface area contributed by atoms with Gasteiger partial charge in [-0.2, -0.15) is 0 Å². The van der Waals surface area contributed by atoms with Crippen LogP contribution in [0.5, 0.6) is 0 Å². The molecule has 0 radical (unpaired) electrons. The van der Waals surface area contributed by atoms with Crippen LogP contribution in [-0.4, -0.2) is 30.1 Å². The SMILES string of the molecule is CCC1CCCC(CN)(N(CC)CC(CC)CC)CC1. The fourth-order valence-electron chi connectivity index (χ4n) is 4.04. The molecule has 0 aromatic carbocycles. The largest absolute Gasteiger partial charge is 0.329 e. The molecule has 0 bridgehead atoms. The van der Waals surface area contributed by atoms with E-state index >= 15 is 0 Å². The van der Waals surface area contributed by atoms with E-state index in [1.807, 2.05) is 0 Å². The van der Waals surface area contributed by atoms with E-state index < -0.39 is 0 Å². The highest BCUT2D eigenvalue weighted by atomic mass is 15.2. The van der Waals surface area contributed by atoms with Crippen molar-refractivity contribution in [2.45, 2.75) is 84.6 Å². The maximum Gasteiger partial charge on any atom is 0.0331 e. The van der Waals surface area contributed by atoms with Crippen molar-refractivity contribution in [1.82, 2.24) is 4.90 Å². The molecule has 2 heteroatoms. The van der Waals surface area contributed by atoms with Crippen LogP contribution in [0.4, 0.5) is 0 Å². The first-order valence-corrected chi connectivity index (χ1v) is 9.10. The molecule has 1 aliphatic carbocycles. The van der Waals surface area contributed by atoms with Crippen LogP contribution in [0.2, 0.25) is 0 Å². The number of hydrogen-bond acceptors (Lipinski definition) is 2. The molecule has 2 N–H and O–H groups in total. The summed E-state index contributed by atoms with van der Waals surface area (Å²) in [5, 5.41) is 0. The van der Waals surface area contributed by atoms with Gasteiger partial charge in [-0.15, -0.1) is 0 Å². The van der Waals surface area contributed by atoms with Crippen LogP contribution in [0.15, 0.2) is 0 Å². The molecule has 120 valence electrons. The van der Waals surface area contributed by atoms with E-state index in [1.165, 1.54) is 57.9 Å². The highest BCUT2D eigenvalue weighted by Crippen LogP contribution is 2.36. The summed E-state index contributed by atoms with van der Waals surface area (Å²) < 4.78 is 0. The van der Waals surface area contributed by atoms with Gasteiger partial charge in [0.1, 0.15) is 0 Å². The first kappa shape index (κ1) is 18.0. The summed E-state index contributed by atoms with van der Waals surface area (Å²) in [6, 6.07) is 0. The average Bonchev–Trinajstić information content (AvgIpc) is 2.71. The van der Waals surface area contributed by atoms with E-state index in [2.05, 4.69) is 32.6 Å². The first-order valence-electron chi connectivity index (χ1n) is 9.10. The van der Waals surface area contributed by atoms with E-state index in [1.54, 1.807) is 0 Å². The van der Waals surface area contributed by atoms with E-state index in [4.69, 9.17) is 5.73 Å². The second kappa shape index (κ2) is 9.04. The molecular formula is C18H38N2. The van der Waals surface area contributed by atoms with Crippen LogP contribution >= 0.6 is 0 Å². The van der Waals surface area contributed by atoms with Gasteiger partial charge in [0, 0.05) is 18.6 Å². The molecule has 1 fully saturated rings. The lowest BCUT2D eigenvalue weighted by molar-refractivity contribution is 0.0638. The Bertz CT molecular complexity index is 250. The van der Waals surface area contributed by atoms with Gasteiger partial charge in [0.15, 0.2) is 0 Å². The van der Waals surface area contributed by atoms with Crippen molar-refractivity contribution >= 4 is 0 Å². The van der Waals surface area contributed by atoms with Crippen molar-refractivity contribution < 1.29 is 0 Å². The van der Waals surface area contributed by atoms with Gasteiger partial charge in [-0.05, 0) is 37.6 Å². The van der Waals surface area contributed by atoms with Crippen LogP contribution < -0.4 is 5.73 Å². The Labute approximate surface area is 127 Å². The summed E-state index contributed by atoms with van der Waals surface area (Å²) in [4.78, 5) is 2.74. The number of hydrogen-bond donors (Lipinski definition) is 1. The number of rotatable bonds is 8. The molecular weight excluding hydrogens is 244 g/mol. The average molecular weight is 283 g/mol. The summed E-state index contributed by atoms with van der Waals surface area (Å²) >= 11 is 0. The van der Waals surface area contributed by atoms with Crippen molar-refractivity contribution in [2.75, 3.05) is 19.6 Å². The highest BCUT2D eigenvalue weighted by molar-refractivity contribution is 4.94. The summed E-state index contributed by atoms with van der Waals surface area (Å²) in [5.41, 5.74) is 6.58. The van der Waals surface area contributed by atoms with E-state index in [0.717, 1.165) is 24.9 Å². The Hall–Kier alpha value is -0.0800. The minimum Gasteiger partial charge on any atom is -0.329 e. The van der Waals surface area contributed by atoms with Gasteiger partial charge < -0.3 is 5.73 Å². The highest BCUT2D eigenvalue weighted by Gasteiger charge is 2.36. The molecule has 0 aromatic heterocycles. The second-order valence-corrected chi connectivity index (χ2v) is 6.85. The zero-order chi connectivity index (χ0) is 15.0. The normalized spacial score (nSPS) is 28.1. The summed E-state index contributed by atoms with van der Waals surface area (Å²) in [7, 11) is 0. The standard InChI is InChI=1S/C18H38N2/c1-5-16(6-2)14-20(8-4)18(15-19)12-9-10-17(7-3)11-13-18/h16-17H,5-15,19H2,1-4H3. The smallest absolute Gasteiger partial charge is 0.0331 e. The molecule has 0 amide bonds. The molecule has 2 nitrogen and oxygen atoms in total. The van der Waals surface area contributed by atoms with Gasteiger partial charge in [0.2, 0.25) is 0 Å². The predicted molar refractivity (Wildman–Crippen MR) is 90.0 cm³/mol. The summed E-state index contributed by atoms with van der Waals surface area (Å²) in [6.07, 6.45) is 10.7. The van der Waals surface area contributed by atoms with Gasteiger partial charge in [0.25, 0.3) is 0 Å². The van der Waals surface area contributed by atoms with Crippen molar-refractivity contribution in [2.24, 2.45) is 17.6 Å². The molecule has 0 saturated heterocycles. The van der Waals surface area contributed by atoms with Crippen molar-refractivity contribution in [3.63, 3.8) is 0 Å². The topological polar surface area (TPSA) is 29.3 Å². The first-order chi connectivity index (χ1) is 9.65. The van der Waals surface area contributed by atoms with Crippen LogP contribution in [0, 0.1) is 11.8 Å². The maximum atomic E-state index is 6.29. The molecule has 2 unspecified atom stereocenters. The minimum atomic E-state index is 0.293. The molecule has 0 aliphatic heterocycles. The number of nitrogens with zero attached hydrogens (tertiary/aromatic N) is 1. The van der Waals surface area contributed by atoms with Crippen molar-refractivity contribution in [3.8, 4) is 0 Å².